The molecule has 3 aromatic rings. The number of hydrogen-bond acceptors (Lipinski definition) is 4. The van der Waals surface area contributed by atoms with Crippen LogP contribution >= 0.6 is 11.6 Å². The quantitative estimate of drug-likeness (QED) is 0.639. The molecule has 2 aromatic carbocycles. The first-order chi connectivity index (χ1) is 11.9. The van der Waals surface area contributed by atoms with E-state index in [0.29, 0.717) is 27.5 Å². The normalized spacial score (nSPS) is 15.4. The second-order valence-corrected chi connectivity index (χ2v) is 7.70. The van der Waals surface area contributed by atoms with Crippen LogP contribution in [0.2, 0.25) is 5.02 Å². The summed E-state index contributed by atoms with van der Waals surface area (Å²) in [7, 11) is -3.68. The summed E-state index contributed by atoms with van der Waals surface area (Å²) in [6, 6.07) is 12.8. The smallest absolute Gasteiger partial charge is 0.311 e. The number of halogens is 2. The predicted molar refractivity (Wildman–Crippen MR) is 92.1 cm³/mol. The molecule has 5 nitrogen and oxygen atoms in total. The summed E-state index contributed by atoms with van der Waals surface area (Å²) in [4.78, 5) is 0. The van der Waals surface area contributed by atoms with Gasteiger partial charge < -0.3 is 4.18 Å². The minimum atomic E-state index is -3.68. The summed E-state index contributed by atoms with van der Waals surface area (Å²) in [5.41, 5.74) is 2.38. The maximum absolute atomic E-state index is 13.2. The lowest BCUT2D eigenvalue weighted by Gasteiger charge is -2.16. The lowest BCUT2D eigenvalue weighted by Crippen LogP contribution is -2.22. The molecule has 0 spiro atoms. The lowest BCUT2D eigenvalue weighted by atomic mass is 10.1. The number of hydrogen-bond donors (Lipinski definition) is 0. The first-order valence-electron chi connectivity index (χ1n) is 7.49. The van der Waals surface area contributed by atoms with Gasteiger partial charge in [0.15, 0.2) is 0 Å². The zero-order valence-electron chi connectivity index (χ0n) is 12.8. The van der Waals surface area contributed by atoms with Crippen LogP contribution in [0.3, 0.4) is 0 Å². The molecule has 0 bridgehead atoms. The number of rotatable bonds is 2. The van der Waals surface area contributed by atoms with E-state index in [1.54, 1.807) is 36.4 Å². The van der Waals surface area contributed by atoms with Gasteiger partial charge in [-0.05, 0) is 42.8 Å². The molecule has 0 fully saturated rings. The average Bonchev–Trinajstić information content (AvgIpc) is 2.93. The van der Waals surface area contributed by atoms with Gasteiger partial charge in [-0.1, -0.05) is 23.7 Å². The third-order valence-electron chi connectivity index (χ3n) is 3.94. The van der Waals surface area contributed by atoms with Crippen molar-refractivity contribution < 1.29 is 17.0 Å². The van der Waals surface area contributed by atoms with E-state index in [-0.39, 0.29) is 23.9 Å². The van der Waals surface area contributed by atoms with Gasteiger partial charge in [0.1, 0.15) is 5.82 Å². The van der Waals surface area contributed by atoms with Gasteiger partial charge in [-0.15, -0.1) is 0 Å². The van der Waals surface area contributed by atoms with Crippen LogP contribution in [0.15, 0.2) is 48.5 Å². The van der Waals surface area contributed by atoms with E-state index in [4.69, 9.17) is 15.8 Å². The van der Waals surface area contributed by atoms with Crippen LogP contribution in [0.1, 0.15) is 5.56 Å². The standard InChI is InChI=1S/C17H12ClFN2O3S/c18-14-3-1-2-4-15(14)21-17-13(9-10-25(22,23)24-17)16(20-21)11-5-7-12(19)8-6-11/h1-8H,9-10H2. The first kappa shape index (κ1) is 16.1. The number of para-hydroxylation sites is 1. The van der Waals surface area contributed by atoms with Gasteiger partial charge in [0.05, 0.1) is 22.2 Å². The van der Waals surface area contributed by atoms with Gasteiger partial charge >= 0.3 is 10.1 Å². The molecule has 0 aliphatic carbocycles. The van der Waals surface area contributed by atoms with Crippen molar-refractivity contribution >= 4 is 21.7 Å². The summed E-state index contributed by atoms with van der Waals surface area (Å²) in [6.45, 7) is 0. The van der Waals surface area contributed by atoms with Crippen LogP contribution in [0.4, 0.5) is 4.39 Å². The maximum atomic E-state index is 13.2. The summed E-state index contributed by atoms with van der Waals surface area (Å²) in [5.74, 6) is -0.372. The largest absolute Gasteiger partial charge is 0.361 e. The van der Waals surface area contributed by atoms with Crippen LogP contribution in [-0.4, -0.2) is 24.0 Å². The molecule has 1 aliphatic heterocycles. The van der Waals surface area contributed by atoms with Gasteiger partial charge in [0.2, 0.25) is 5.88 Å². The summed E-state index contributed by atoms with van der Waals surface area (Å²) in [6.07, 6.45) is 0.259. The van der Waals surface area contributed by atoms with E-state index in [9.17, 15) is 12.8 Å². The van der Waals surface area contributed by atoms with Crippen LogP contribution < -0.4 is 4.18 Å². The zero-order chi connectivity index (χ0) is 17.6. The molecule has 2 heterocycles. The van der Waals surface area contributed by atoms with Crippen molar-refractivity contribution in [2.45, 2.75) is 6.42 Å². The third kappa shape index (κ3) is 2.89. The second kappa shape index (κ2) is 5.86. The Morgan fingerprint density at radius 2 is 1.84 bits per heavy atom. The minimum absolute atomic E-state index is 0.124. The zero-order valence-corrected chi connectivity index (χ0v) is 14.4. The molecule has 128 valence electrons. The minimum Gasteiger partial charge on any atom is -0.361 e. The summed E-state index contributed by atoms with van der Waals surface area (Å²) < 4.78 is 43.7. The molecule has 8 heteroatoms. The van der Waals surface area contributed by atoms with E-state index in [0.717, 1.165) is 0 Å². The molecular weight excluding hydrogens is 367 g/mol. The number of nitrogens with zero attached hydrogens (tertiary/aromatic N) is 2. The van der Waals surface area contributed by atoms with Crippen molar-refractivity contribution in [1.29, 1.82) is 0 Å². The summed E-state index contributed by atoms with van der Waals surface area (Å²) >= 11 is 6.23. The fraction of sp³-hybridized carbons (Fsp3) is 0.118. The van der Waals surface area contributed by atoms with Gasteiger partial charge in [-0.25, -0.2) is 4.39 Å². The van der Waals surface area contributed by atoms with Crippen molar-refractivity contribution in [3.05, 3.63) is 64.9 Å². The van der Waals surface area contributed by atoms with Gasteiger partial charge in [0.25, 0.3) is 0 Å². The fourth-order valence-corrected chi connectivity index (χ4v) is 3.93. The van der Waals surface area contributed by atoms with Gasteiger partial charge in [-0.2, -0.15) is 18.2 Å². The Morgan fingerprint density at radius 1 is 1.12 bits per heavy atom. The molecule has 4 rings (SSSR count). The SMILES string of the molecule is O=S1(=O)CCc2c(-c3ccc(F)cc3)nn(-c3ccccc3Cl)c2O1. The van der Waals surface area contributed by atoms with Gasteiger partial charge in [0, 0.05) is 11.1 Å². The first-order valence-corrected chi connectivity index (χ1v) is 9.45. The van der Waals surface area contributed by atoms with E-state index >= 15 is 0 Å². The van der Waals surface area contributed by atoms with E-state index in [1.165, 1.54) is 16.8 Å². The Balaban J connectivity index is 1.96. The number of aromatic nitrogens is 2. The molecule has 0 saturated carbocycles. The van der Waals surface area contributed by atoms with Crippen LogP contribution in [0.25, 0.3) is 16.9 Å². The van der Waals surface area contributed by atoms with Crippen LogP contribution in [0, 0.1) is 5.82 Å². The highest BCUT2D eigenvalue weighted by Gasteiger charge is 2.31. The number of fused-ring (bicyclic) bond motifs is 1. The Morgan fingerprint density at radius 3 is 2.56 bits per heavy atom. The molecule has 1 aromatic heterocycles. The Kier molecular flexibility index (Phi) is 3.77. The molecule has 0 unspecified atom stereocenters. The maximum Gasteiger partial charge on any atom is 0.311 e. The van der Waals surface area contributed by atoms with Crippen molar-refractivity contribution in [3.8, 4) is 22.8 Å². The molecule has 0 radical (unpaired) electrons. The van der Waals surface area contributed by atoms with Gasteiger partial charge in [-0.3, -0.25) is 0 Å². The summed E-state index contributed by atoms with van der Waals surface area (Å²) in [5, 5.41) is 4.92. The molecule has 25 heavy (non-hydrogen) atoms. The topological polar surface area (TPSA) is 61.2 Å². The highest BCUT2D eigenvalue weighted by Crippen LogP contribution is 2.38. The lowest BCUT2D eigenvalue weighted by molar-refractivity contribution is 0.452. The van der Waals surface area contributed by atoms with E-state index < -0.39 is 10.1 Å². The van der Waals surface area contributed by atoms with Crippen molar-refractivity contribution in [3.63, 3.8) is 0 Å². The highest BCUT2D eigenvalue weighted by molar-refractivity contribution is 7.87. The highest BCUT2D eigenvalue weighted by atomic mass is 35.5. The second-order valence-electron chi connectivity index (χ2n) is 5.60. The third-order valence-corrected chi connectivity index (χ3v) is 5.38. The molecule has 0 atom stereocenters. The van der Waals surface area contributed by atoms with Crippen molar-refractivity contribution in [2.75, 3.05) is 5.75 Å². The molecule has 0 amide bonds. The Labute approximate surface area is 148 Å². The van der Waals surface area contributed by atoms with Crippen molar-refractivity contribution in [2.24, 2.45) is 0 Å². The Bertz CT molecular complexity index is 1060. The Hall–Kier alpha value is -2.38. The molecule has 1 aliphatic rings. The average molecular weight is 379 g/mol. The molecular formula is C17H12ClFN2O3S. The molecule has 0 N–H and O–H groups in total. The molecule has 0 saturated heterocycles. The van der Waals surface area contributed by atoms with Crippen molar-refractivity contribution in [1.82, 2.24) is 9.78 Å². The van der Waals surface area contributed by atoms with E-state index in [2.05, 4.69) is 5.10 Å². The van der Waals surface area contributed by atoms with Crippen LogP contribution in [0.5, 0.6) is 5.88 Å². The predicted octanol–water partition coefficient (Wildman–Crippen LogP) is 3.60. The monoisotopic (exact) mass is 378 g/mol. The van der Waals surface area contributed by atoms with E-state index in [1.807, 2.05) is 0 Å². The number of benzene rings is 2. The van der Waals surface area contributed by atoms with Crippen LogP contribution in [-0.2, 0) is 16.5 Å². The fourth-order valence-electron chi connectivity index (χ4n) is 2.76.